The van der Waals surface area contributed by atoms with Gasteiger partial charge in [-0.25, -0.2) is 0 Å². The Labute approximate surface area is 223 Å². The maximum Gasteiger partial charge on any atom is 0.192 e. The number of aromatic amines is 2. The van der Waals surface area contributed by atoms with Crippen molar-refractivity contribution in [2.24, 2.45) is 0 Å². The van der Waals surface area contributed by atoms with Crippen molar-refractivity contribution in [1.82, 2.24) is 20.4 Å². The van der Waals surface area contributed by atoms with E-state index in [0.717, 1.165) is 34.9 Å². The molecule has 0 aliphatic heterocycles. The Morgan fingerprint density at radius 3 is 1.79 bits per heavy atom. The molecule has 4 aromatic rings. The van der Waals surface area contributed by atoms with Crippen LogP contribution in [0.2, 0.25) is 18.1 Å². The van der Waals surface area contributed by atoms with E-state index in [1.54, 1.807) is 0 Å². The number of fused-ring (bicyclic) bond motifs is 2. The molecule has 6 nitrogen and oxygen atoms in total. The SMILES string of the molecule is Cc1c(CO)ccc2c(I)[nH]nc12.Cc1c(CO[Si](C)(C)C(C)(C)C)ccc2c(I)[nH]nc12. The van der Waals surface area contributed by atoms with Gasteiger partial charge >= 0.3 is 0 Å². The summed E-state index contributed by atoms with van der Waals surface area (Å²) in [6.07, 6.45) is 0. The molecule has 0 saturated heterocycles. The first-order valence-corrected chi connectivity index (χ1v) is 15.9. The van der Waals surface area contributed by atoms with Gasteiger partial charge in [-0.15, -0.1) is 0 Å². The first-order chi connectivity index (χ1) is 15.4. The fourth-order valence-corrected chi connectivity index (χ4v) is 5.32. The summed E-state index contributed by atoms with van der Waals surface area (Å²) in [6, 6.07) is 8.23. The predicted octanol–water partition coefficient (Wildman–Crippen LogP) is 6.97. The molecule has 0 amide bonds. The van der Waals surface area contributed by atoms with Crippen LogP contribution in [0.1, 0.15) is 43.0 Å². The number of nitrogens with one attached hydrogen (secondary N) is 2. The number of aromatic nitrogens is 4. The number of nitrogens with zero attached hydrogens (tertiary/aromatic N) is 2. The third kappa shape index (κ3) is 5.63. The average molecular weight is 690 g/mol. The third-order valence-corrected chi connectivity index (χ3v) is 12.8. The molecule has 4 rings (SSSR count). The second-order valence-corrected chi connectivity index (χ2v) is 16.7. The number of aliphatic hydroxyl groups is 1. The van der Waals surface area contributed by atoms with Gasteiger partial charge in [-0.2, -0.15) is 10.2 Å². The number of hydrogen-bond acceptors (Lipinski definition) is 4. The normalized spacial score (nSPS) is 12.3. The molecule has 0 saturated carbocycles. The van der Waals surface area contributed by atoms with Crippen molar-refractivity contribution in [2.75, 3.05) is 0 Å². The largest absolute Gasteiger partial charge is 0.413 e. The van der Waals surface area contributed by atoms with Crippen LogP contribution < -0.4 is 0 Å². The van der Waals surface area contributed by atoms with Gasteiger partial charge < -0.3 is 9.53 Å². The number of aryl methyl sites for hydroxylation is 2. The highest BCUT2D eigenvalue weighted by Gasteiger charge is 2.37. The summed E-state index contributed by atoms with van der Waals surface area (Å²) in [5.41, 5.74) is 6.47. The van der Waals surface area contributed by atoms with Crippen molar-refractivity contribution >= 4 is 75.3 Å². The summed E-state index contributed by atoms with van der Waals surface area (Å²) in [5.74, 6) is 0. The van der Waals surface area contributed by atoms with Crippen LogP contribution in [-0.4, -0.2) is 33.8 Å². The van der Waals surface area contributed by atoms with E-state index in [1.807, 2.05) is 19.1 Å². The minimum atomic E-state index is -1.70. The molecule has 0 aliphatic carbocycles. The Morgan fingerprint density at radius 2 is 1.33 bits per heavy atom. The molecule has 0 fully saturated rings. The molecule has 3 N–H and O–H groups in total. The number of rotatable bonds is 4. The molecule has 0 bridgehead atoms. The number of hydrogen-bond donors (Lipinski definition) is 3. The lowest BCUT2D eigenvalue weighted by molar-refractivity contribution is 0.276. The van der Waals surface area contributed by atoms with Crippen molar-refractivity contribution in [2.45, 2.75) is 66.0 Å². The minimum Gasteiger partial charge on any atom is -0.413 e. The average Bonchev–Trinajstić information content (AvgIpc) is 3.31. The van der Waals surface area contributed by atoms with Gasteiger partial charge in [0.25, 0.3) is 0 Å². The van der Waals surface area contributed by atoms with Gasteiger partial charge in [0.1, 0.15) is 7.40 Å². The van der Waals surface area contributed by atoms with E-state index >= 15 is 0 Å². The van der Waals surface area contributed by atoms with Gasteiger partial charge in [0.2, 0.25) is 0 Å². The zero-order valence-corrected chi connectivity index (χ0v) is 25.5. The molecule has 0 spiro atoms. The summed E-state index contributed by atoms with van der Waals surface area (Å²) < 4.78 is 8.45. The summed E-state index contributed by atoms with van der Waals surface area (Å²) in [7, 11) is -1.70. The van der Waals surface area contributed by atoms with Gasteiger partial charge in [0.15, 0.2) is 8.32 Å². The predicted molar refractivity (Wildman–Crippen MR) is 155 cm³/mol. The topological polar surface area (TPSA) is 86.8 Å². The van der Waals surface area contributed by atoms with Crippen LogP contribution in [0.4, 0.5) is 0 Å². The van der Waals surface area contributed by atoms with Crippen LogP contribution in [0.15, 0.2) is 24.3 Å². The summed E-state index contributed by atoms with van der Waals surface area (Å²) in [5, 5.41) is 26.1. The number of halogens is 2. The van der Waals surface area contributed by atoms with Crippen LogP contribution >= 0.6 is 45.2 Å². The van der Waals surface area contributed by atoms with E-state index in [0.29, 0.717) is 6.61 Å². The van der Waals surface area contributed by atoms with Crippen LogP contribution in [0, 0.1) is 21.2 Å². The second-order valence-electron chi connectivity index (χ2n) is 9.77. The summed E-state index contributed by atoms with van der Waals surface area (Å²) in [6.45, 7) is 16.3. The van der Waals surface area contributed by atoms with Crippen LogP contribution in [0.3, 0.4) is 0 Å². The van der Waals surface area contributed by atoms with E-state index in [9.17, 15) is 0 Å². The molecule has 33 heavy (non-hydrogen) atoms. The van der Waals surface area contributed by atoms with Crippen molar-refractivity contribution in [3.8, 4) is 0 Å². The molecular formula is C24H32I2N4O2Si. The molecule has 0 atom stereocenters. The number of benzene rings is 2. The molecule has 9 heteroatoms. The molecule has 178 valence electrons. The first kappa shape index (κ1) is 26.6. The zero-order chi connectivity index (χ0) is 24.6. The van der Waals surface area contributed by atoms with Crippen LogP contribution in [0.5, 0.6) is 0 Å². The maximum absolute atomic E-state index is 9.04. The van der Waals surface area contributed by atoms with Gasteiger partial charge in [-0.05, 0) is 112 Å². The highest BCUT2D eigenvalue weighted by atomic mass is 127. The Bertz CT molecular complexity index is 1280. The molecule has 2 heterocycles. The van der Waals surface area contributed by atoms with E-state index in [1.165, 1.54) is 16.5 Å². The van der Waals surface area contributed by atoms with Gasteiger partial charge in [0.05, 0.1) is 24.2 Å². The van der Waals surface area contributed by atoms with E-state index < -0.39 is 8.32 Å². The molecule has 0 aliphatic rings. The Morgan fingerprint density at radius 1 is 0.879 bits per heavy atom. The van der Waals surface area contributed by atoms with Crippen molar-refractivity contribution in [3.63, 3.8) is 0 Å². The molecule has 2 aromatic heterocycles. The molecular weight excluding hydrogens is 658 g/mol. The second kappa shape index (κ2) is 10.3. The fraction of sp³-hybridized carbons (Fsp3) is 0.417. The molecule has 2 aromatic carbocycles. The Kier molecular flexibility index (Phi) is 8.30. The molecule has 0 radical (unpaired) electrons. The van der Waals surface area contributed by atoms with Gasteiger partial charge in [0, 0.05) is 10.8 Å². The zero-order valence-electron chi connectivity index (χ0n) is 20.2. The lowest BCUT2D eigenvalue weighted by Gasteiger charge is -2.36. The smallest absolute Gasteiger partial charge is 0.192 e. The van der Waals surface area contributed by atoms with E-state index in [4.69, 9.17) is 9.53 Å². The van der Waals surface area contributed by atoms with Crippen molar-refractivity contribution in [1.29, 1.82) is 0 Å². The maximum atomic E-state index is 9.04. The van der Waals surface area contributed by atoms with E-state index in [2.05, 4.69) is 118 Å². The fourth-order valence-electron chi connectivity index (χ4n) is 3.26. The van der Waals surface area contributed by atoms with Gasteiger partial charge in [-0.3, -0.25) is 10.2 Å². The van der Waals surface area contributed by atoms with Crippen molar-refractivity contribution in [3.05, 3.63) is 53.9 Å². The monoisotopic (exact) mass is 690 g/mol. The first-order valence-electron chi connectivity index (χ1n) is 10.9. The highest BCUT2D eigenvalue weighted by molar-refractivity contribution is 14.1. The van der Waals surface area contributed by atoms with Gasteiger partial charge in [-0.1, -0.05) is 32.9 Å². The lowest BCUT2D eigenvalue weighted by Crippen LogP contribution is -2.40. The Balaban J connectivity index is 0.000000203. The number of aliphatic hydroxyl groups excluding tert-OH is 1. The quantitative estimate of drug-likeness (QED) is 0.160. The summed E-state index contributed by atoms with van der Waals surface area (Å²) >= 11 is 4.50. The third-order valence-electron chi connectivity index (χ3n) is 6.66. The Hall–Kier alpha value is -1.02. The van der Waals surface area contributed by atoms with E-state index in [-0.39, 0.29) is 11.6 Å². The highest BCUT2D eigenvalue weighted by Crippen LogP contribution is 2.37. The standard InChI is InChI=1S/C15H23IN2OSi.C9H9IN2O/c1-10-11(9-19-20(5,6)15(2,3)4)7-8-12-13(10)17-18-14(12)16;1-5-6(4-13)2-3-7-8(5)11-12-9(7)10/h7-8H,9H2,1-6H3,(H,17,18);2-3,13H,4H2,1H3,(H,11,12). The van der Waals surface area contributed by atoms with Crippen LogP contribution in [0.25, 0.3) is 21.8 Å². The lowest BCUT2D eigenvalue weighted by atomic mass is 10.1. The van der Waals surface area contributed by atoms with Crippen molar-refractivity contribution < 1.29 is 9.53 Å². The summed E-state index contributed by atoms with van der Waals surface area (Å²) in [4.78, 5) is 0. The van der Waals surface area contributed by atoms with Crippen LogP contribution in [-0.2, 0) is 17.6 Å². The minimum absolute atomic E-state index is 0.0746. The number of H-pyrrole nitrogens is 2. The molecule has 0 unspecified atom stereocenters.